The number of nitrogens with one attached hydrogen (secondary N) is 1. The minimum atomic E-state index is -5.02. The number of piperidine rings is 1. The number of ether oxygens (including phenoxy) is 1. The number of hydrogen-bond acceptors (Lipinski definition) is 4. The van der Waals surface area contributed by atoms with Crippen LogP contribution in [0.2, 0.25) is 0 Å². The monoisotopic (exact) mass is 511 g/mol. The first kappa shape index (κ1) is 28.7. The zero-order valence-corrected chi connectivity index (χ0v) is 19.6. The summed E-state index contributed by atoms with van der Waals surface area (Å²) in [5, 5.41) is 1.94. The van der Waals surface area contributed by atoms with E-state index in [1.54, 1.807) is 4.90 Å². The Morgan fingerprint density at radius 1 is 1.06 bits per heavy atom. The van der Waals surface area contributed by atoms with Gasteiger partial charge < -0.3 is 15.4 Å². The Morgan fingerprint density at radius 2 is 1.60 bits per heavy atom. The van der Waals surface area contributed by atoms with E-state index in [9.17, 15) is 35.9 Å². The molecule has 35 heavy (non-hydrogen) atoms. The number of alkyl halides is 6. The summed E-state index contributed by atoms with van der Waals surface area (Å²) in [7, 11) is 0. The largest absolute Gasteiger partial charge is 0.449 e. The van der Waals surface area contributed by atoms with E-state index in [1.807, 2.05) is 5.32 Å². The Kier molecular flexibility index (Phi) is 9.82. The van der Waals surface area contributed by atoms with Crippen molar-refractivity contribution in [2.75, 3.05) is 31.6 Å². The predicted octanol–water partition coefficient (Wildman–Crippen LogP) is 5.52. The van der Waals surface area contributed by atoms with Gasteiger partial charge in [-0.1, -0.05) is 13.8 Å². The van der Waals surface area contributed by atoms with Gasteiger partial charge in [-0.25, -0.2) is 4.79 Å². The normalized spacial score (nSPS) is 16.3. The van der Waals surface area contributed by atoms with E-state index in [4.69, 9.17) is 10.5 Å². The molecule has 1 aliphatic rings. The lowest BCUT2D eigenvalue weighted by molar-refractivity contribution is -0.143. The molecule has 12 heteroatoms. The first-order valence-electron chi connectivity index (χ1n) is 11.4. The van der Waals surface area contributed by atoms with Crippen LogP contribution in [0.25, 0.3) is 0 Å². The summed E-state index contributed by atoms with van der Waals surface area (Å²) >= 11 is 0. The molecule has 0 radical (unpaired) electrons. The van der Waals surface area contributed by atoms with Crippen molar-refractivity contribution in [2.24, 2.45) is 23.5 Å². The number of hydrogen-bond donors (Lipinski definition) is 2. The van der Waals surface area contributed by atoms with Crippen LogP contribution in [0.1, 0.15) is 50.7 Å². The van der Waals surface area contributed by atoms with Gasteiger partial charge in [-0.15, -0.1) is 0 Å². The number of carbonyl (C=O) groups is 2. The molecule has 1 aliphatic heterocycles. The molecule has 0 saturated carbocycles. The molecule has 0 aromatic heterocycles. The summed E-state index contributed by atoms with van der Waals surface area (Å²) < 4.78 is 82.7. The zero-order chi connectivity index (χ0) is 26.4. The lowest BCUT2D eigenvalue weighted by Crippen LogP contribution is -2.41. The van der Waals surface area contributed by atoms with Gasteiger partial charge in [0.1, 0.15) is 0 Å². The maximum atomic E-state index is 13.0. The highest BCUT2D eigenvalue weighted by molar-refractivity contribution is 5.85. The van der Waals surface area contributed by atoms with Crippen LogP contribution in [-0.2, 0) is 21.9 Å². The van der Waals surface area contributed by atoms with E-state index in [1.165, 1.54) is 0 Å². The van der Waals surface area contributed by atoms with Gasteiger partial charge in [0.05, 0.1) is 17.7 Å². The van der Waals surface area contributed by atoms with Gasteiger partial charge in [-0.3, -0.25) is 10.1 Å². The third-order valence-corrected chi connectivity index (χ3v) is 5.85. The second-order valence-electron chi connectivity index (χ2n) is 9.28. The molecule has 1 aromatic carbocycles. The third kappa shape index (κ3) is 9.23. The van der Waals surface area contributed by atoms with Gasteiger partial charge in [0.2, 0.25) is 5.91 Å². The smallest absolute Gasteiger partial charge is 0.416 e. The molecule has 198 valence electrons. The van der Waals surface area contributed by atoms with Crippen molar-refractivity contribution in [3.63, 3.8) is 0 Å². The highest BCUT2D eigenvalue weighted by Gasteiger charge is 2.37. The van der Waals surface area contributed by atoms with Crippen molar-refractivity contribution < 1.29 is 40.7 Å². The fourth-order valence-electron chi connectivity index (χ4n) is 4.03. The van der Waals surface area contributed by atoms with Gasteiger partial charge in [-0.2, -0.15) is 26.3 Å². The molecule has 1 saturated heterocycles. The highest BCUT2D eigenvalue weighted by atomic mass is 19.4. The van der Waals surface area contributed by atoms with Gasteiger partial charge in [0.25, 0.3) is 0 Å². The Balaban J connectivity index is 1.86. The van der Waals surface area contributed by atoms with E-state index >= 15 is 0 Å². The van der Waals surface area contributed by atoms with Gasteiger partial charge >= 0.3 is 18.4 Å². The number of amides is 2. The maximum Gasteiger partial charge on any atom is 0.416 e. The number of carbonyl (C=O) groups excluding carboxylic acids is 2. The summed E-state index contributed by atoms with van der Waals surface area (Å²) in [6.07, 6.45) is -8.86. The van der Waals surface area contributed by atoms with E-state index in [2.05, 4.69) is 13.8 Å². The number of halogens is 6. The van der Waals surface area contributed by atoms with Crippen molar-refractivity contribution in [3.05, 3.63) is 29.3 Å². The second kappa shape index (κ2) is 12.0. The first-order chi connectivity index (χ1) is 16.2. The van der Waals surface area contributed by atoms with Gasteiger partial charge in [-0.05, 0) is 61.8 Å². The molecule has 6 nitrogen and oxygen atoms in total. The summed E-state index contributed by atoms with van der Waals surface area (Å²) in [4.78, 5) is 26.3. The Bertz CT molecular complexity index is 833. The number of nitrogens with zero attached hydrogens (tertiary/aromatic N) is 1. The zero-order valence-electron chi connectivity index (χ0n) is 19.6. The summed E-state index contributed by atoms with van der Waals surface area (Å²) in [5.41, 5.74) is 2.02. The van der Waals surface area contributed by atoms with Crippen LogP contribution in [0, 0.1) is 17.8 Å². The molecule has 1 aromatic rings. The third-order valence-electron chi connectivity index (χ3n) is 5.85. The topological polar surface area (TPSA) is 84.7 Å². The fraction of sp³-hybridized carbons (Fsp3) is 0.652. The average Bonchev–Trinajstić information content (AvgIpc) is 2.75. The Labute approximate surface area is 200 Å². The minimum Gasteiger partial charge on any atom is -0.449 e. The molecule has 2 rings (SSSR count). The number of anilines is 1. The predicted molar refractivity (Wildman–Crippen MR) is 117 cm³/mol. The quantitative estimate of drug-likeness (QED) is 0.450. The molecular formula is C23H31F6N3O3. The lowest BCUT2D eigenvalue weighted by atomic mass is 9.92. The SMILES string of the molecule is CC(C)CC(CN)CC(=O)N1CCC(COC(=O)Nc2cc(C(F)(F)F)cc(C(F)(F)F)c2)CC1. The van der Waals surface area contributed by atoms with Crippen LogP contribution in [0.3, 0.4) is 0 Å². The summed E-state index contributed by atoms with van der Waals surface area (Å²) in [6.45, 7) is 5.43. The molecule has 3 N–H and O–H groups in total. The lowest BCUT2D eigenvalue weighted by Gasteiger charge is -2.32. The van der Waals surface area contributed by atoms with E-state index < -0.39 is 35.3 Å². The number of likely N-dealkylation sites (tertiary alicyclic amines) is 1. The van der Waals surface area contributed by atoms with Crippen LogP contribution < -0.4 is 11.1 Å². The molecule has 1 heterocycles. The number of rotatable bonds is 8. The highest BCUT2D eigenvalue weighted by Crippen LogP contribution is 2.37. The van der Waals surface area contributed by atoms with Gasteiger partial charge in [0, 0.05) is 25.2 Å². The second-order valence-corrected chi connectivity index (χ2v) is 9.28. The fourth-order valence-corrected chi connectivity index (χ4v) is 4.03. The molecular weight excluding hydrogens is 480 g/mol. The van der Waals surface area contributed by atoms with Crippen molar-refractivity contribution in [3.8, 4) is 0 Å². The van der Waals surface area contributed by atoms with Gasteiger partial charge in [0.15, 0.2) is 0 Å². The standard InChI is InChI=1S/C23H31F6N3O3/c1-14(2)7-16(12-30)8-20(33)32-5-3-15(4-6-32)13-35-21(34)31-19-10-17(22(24,25)26)9-18(11-19)23(27,28)29/h9-11,14-16H,3-8,12-13,30H2,1-2H3,(H,31,34). The number of nitrogens with two attached hydrogens (primary N) is 1. The van der Waals surface area contributed by atoms with Crippen molar-refractivity contribution in [1.82, 2.24) is 4.90 Å². The number of benzene rings is 1. The molecule has 0 aliphatic carbocycles. The summed E-state index contributed by atoms with van der Waals surface area (Å²) in [5.74, 6) is 0.476. The molecule has 1 fully saturated rings. The first-order valence-corrected chi connectivity index (χ1v) is 11.4. The molecule has 0 bridgehead atoms. The Hall–Kier alpha value is -2.50. The molecule has 1 atom stereocenters. The van der Waals surface area contributed by atoms with Crippen LogP contribution in [0.15, 0.2) is 18.2 Å². The Morgan fingerprint density at radius 3 is 2.06 bits per heavy atom. The van der Waals surface area contributed by atoms with E-state index in [0.717, 1.165) is 6.42 Å². The van der Waals surface area contributed by atoms with Crippen molar-refractivity contribution in [1.29, 1.82) is 0 Å². The molecule has 1 unspecified atom stereocenters. The molecule has 2 amide bonds. The van der Waals surface area contributed by atoms with Crippen LogP contribution in [-0.4, -0.2) is 43.1 Å². The van der Waals surface area contributed by atoms with Crippen LogP contribution in [0.4, 0.5) is 36.8 Å². The minimum absolute atomic E-state index is 0.0169. The van der Waals surface area contributed by atoms with E-state index in [-0.39, 0.29) is 30.4 Å². The van der Waals surface area contributed by atoms with Crippen LogP contribution in [0.5, 0.6) is 0 Å². The van der Waals surface area contributed by atoms with Crippen molar-refractivity contribution >= 4 is 17.7 Å². The van der Waals surface area contributed by atoms with Crippen LogP contribution >= 0.6 is 0 Å². The summed E-state index contributed by atoms with van der Waals surface area (Å²) in [6, 6.07) is 0.799. The molecule has 0 spiro atoms. The average molecular weight is 512 g/mol. The van der Waals surface area contributed by atoms with Crippen molar-refractivity contribution in [2.45, 2.75) is 51.9 Å². The van der Waals surface area contributed by atoms with E-state index in [0.29, 0.717) is 56.9 Å². The maximum absolute atomic E-state index is 13.0.